The summed E-state index contributed by atoms with van der Waals surface area (Å²) >= 11 is 1.69. The summed E-state index contributed by atoms with van der Waals surface area (Å²) in [5.74, 6) is 1.35. The Hall–Kier alpha value is -1.58. The molecule has 0 fully saturated rings. The highest BCUT2D eigenvalue weighted by Crippen LogP contribution is 2.31. The highest BCUT2D eigenvalue weighted by molar-refractivity contribution is 7.98. The highest BCUT2D eigenvalue weighted by Gasteiger charge is 2.15. The molecule has 0 aromatic heterocycles. The number of rotatable bonds is 10. The number of aryl methyl sites for hydroxylation is 1. The summed E-state index contributed by atoms with van der Waals surface area (Å²) in [6.07, 6.45) is 3.06. The highest BCUT2D eigenvalue weighted by atomic mass is 32.2. The molecular formula is C21H31N3O3S2. The van der Waals surface area contributed by atoms with Crippen molar-refractivity contribution < 1.29 is 13.2 Å². The van der Waals surface area contributed by atoms with Gasteiger partial charge in [-0.1, -0.05) is 0 Å². The van der Waals surface area contributed by atoms with E-state index in [0.717, 1.165) is 36.4 Å². The molecule has 0 bridgehead atoms. The molecule has 160 valence electrons. The molecule has 0 heterocycles. The van der Waals surface area contributed by atoms with E-state index < -0.39 is 10.0 Å². The van der Waals surface area contributed by atoms with Gasteiger partial charge in [0, 0.05) is 17.0 Å². The van der Waals surface area contributed by atoms with E-state index in [-0.39, 0.29) is 4.90 Å². The first kappa shape index (κ1) is 23.7. The van der Waals surface area contributed by atoms with E-state index in [4.69, 9.17) is 9.88 Å². The second kappa shape index (κ2) is 10.4. The third-order valence-corrected chi connectivity index (χ3v) is 6.35. The number of sulfonamides is 1. The number of nitrogens with zero attached hydrogens (tertiary/aromatic N) is 2. The smallest absolute Gasteiger partial charge is 0.238 e. The summed E-state index contributed by atoms with van der Waals surface area (Å²) in [7, 11) is 2.33. The Balaban J connectivity index is 2.27. The van der Waals surface area contributed by atoms with Crippen molar-refractivity contribution in [3.8, 4) is 11.5 Å². The summed E-state index contributed by atoms with van der Waals surface area (Å²) < 4.78 is 29.8. The summed E-state index contributed by atoms with van der Waals surface area (Å²) in [6, 6.07) is 10.7. The normalized spacial score (nSPS) is 12.0. The van der Waals surface area contributed by atoms with Crippen molar-refractivity contribution >= 4 is 21.8 Å². The van der Waals surface area contributed by atoms with Gasteiger partial charge < -0.3 is 14.5 Å². The number of hydrogen-bond donors (Lipinski definition) is 1. The second-order valence-electron chi connectivity index (χ2n) is 7.44. The van der Waals surface area contributed by atoms with Crippen molar-refractivity contribution in [1.82, 2.24) is 9.80 Å². The van der Waals surface area contributed by atoms with Crippen molar-refractivity contribution in [3.05, 3.63) is 47.5 Å². The van der Waals surface area contributed by atoms with Gasteiger partial charge in [0.25, 0.3) is 0 Å². The molecule has 0 unspecified atom stereocenters. The molecule has 6 nitrogen and oxygen atoms in total. The van der Waals surface area contributed by atoms with Gasteiger partial charge in [0.05, 0.1) is 4.90 Å². The van der Waals surface area contributed by atoms with Crippen LogP contribution in [0.3, 0.4) is 0 Å². The second-order valence-corrected chi connectivity index (χ2v) is 9.85. The van der Waals surface area contributed by atoms with Crippen molar-refractivity contribution in [2.24, 2.45) is 5.14 Å². The number of ether oxygens (including phenoxy) is 1. The fraction of sp³-hybridized carbons (Fsp3) is 0.429. The number of primary sulfonamides is 1. The molecule has 0 aliphatic rings. The van der Waals surface area contributed by atoms with Crippen LogP contribution in [0, 0.1) is 6.92 Å². The van der Waals surface area contributed by atoms with Crippen LogP contribution in [0.4, 0.5) is 0 Å². The molecule has 29 heavy (non-hydrogen) atoms. The predicted molar refractivity (Wildman–Crippen MR) is 120 cm³/mol. The Labute approximate surface area is 179 Å². The number of hydrogen-bond acceptors (Lipinski definition) is 6. The summed E-state index contributed by atoms with van der Waals surface area (Å²) in [4.78, 5) is 5.59. The van der Waals surface area contributed by atoms with Gasteiger partial charge in [-0.2, -0.15) is 0 Å². The zero-order valence-corrected chi connectivity index (χ0v) is 19.4. The third kappa shape index (κ3) is 7.31. The van der Waals surface area contributed by atoms with Crippen LogP contribution >= 0.6 is 11.8 Å². The molecule has 0 amide bonds. The Kier molecular flexibility index (Phi) is 8.54. The molecule has 8 heteroatoms. The first-order valence-electron chi connectivity index (χ1n) is 9.41. The van der Waals surface area contributed by atoms with Crippen molar-refractivity contribution in [3.63, 3.8) is 0 Å². The van der Waals surface area contributed by atoms with Crippen molar-refractivity contribution in [1.29, 1.82) is 0 Å². The van der Waals surface area contributed by atoms with E-state index in [2.05, 4.69) is 9.80 Å². The molecule has 0 saturated carbocycles. The van der Waals surface area contributed by atoms with Gasteiger partial charge in [0.1, 0.15) is 11.5 Å². The Bertz CT molecular complexity index is 931. The first-order valence-corrected chi connectivity index (χ1v) is 12.2. The van der Waals surface area contributed by atoms with Gasteiger partial charge in [-0.05, 0) is 95.8 Å². The molecule has 0 aliphatic carbocycles. The topological polar surface area (TPSA) is 75.9 Å². The fourth-order valence-corrected chi connectivity index (χ4v) is 4.17. The monoisotopic (exact) mass is 437 g/mol. The minimum absolute atomic E-state index is 0.0930. The van der Waals surface area contributed by atoms with E-state index in [1.807, 2.05) is 52.5 Å². The van der Waals surface area contributed by atoms with Crippen LogP contribution in [-0.4, -0.2) is 58.7 Å². The summed E-state index contributed by atoms with van der Waals surface area (Å²) in [5.41, 5.74) is 1.92. The summed E-state index contributed by atoms with van der Waals surface area (Å²) in [5, 5.41) is 5.33. The van der Waals surface area contributed by atoms with Crippen LogP contribution in [0.5, 0.6) is 11.5 Å². The lowest BCUT2D eigenvalue weighted by molar-refractivity contribution is 0.291. The zero-order valence-electron chi connectivity index (χ0n) is 17.8. The van der Waals surface area contributed by atoms with Gasteiger partial charge in [0.15, 0.2) is 0 Å². The van der Waals surface area contributed by atoms with E-state index >= 15 is 0 Å². The van der Waals surface area contributed by atoms with Crippen molar-refractivity contribution in [2.75, 3.05) is 40.5 Å². The molecule has 0 saturated heterocycles. The first-order chi connectivity index (χ1) is 13.6. The van der Waals surface area contributed by atoms with Gasteiger partial charge in [-0.25, -0.2) is 13.6 Å². The Morgan fingerprint density at radius 2 is 1.79 bits per heavy atom. The van der Waals surface area contributed by atoms with Gasteiger partial charge in [0.2, 0.25) is 10.0 Å². The zero-order chi connectivity index (χ0) is 21.6. The van der Waals surface area contributed by atoms with E-state index in [1.54, 1.807) is 23.9 Å². The molecule has 0 spiro atoms. The standard InChI is InChI=1S/C21H31N3O3S2/c1-16-13-18(7-10-21(16)28-5)27-20-9-8-19(29(22,25)26)14-17(20)15-24(4)12-6-11-23(2)3/h7-10,13-14H,6,11-12,15H2,1-5H3,(H2,22,25,26). The number of benzene rings is 2. The van der Waals surface area contributed by atoms with Gasteiger partial charge in [-0.15, -0.1) is 11.8 Å². The van der Waals surface area contributed by atoms with Crippen LogP contribution in [-0.2, 0) is 16.6 Å². The van der Waals surface area contributed by atoms with Crippen LogP contribution < -0.4 is 9.88 Å². The average Bonchev–Trinajstić information content (AvgIpc) is 2.62. The molecular weight excluding hydrogens is 406 g/mol. The lowest BCUT2D eigenvalue weighted by atomic mass is 10.1. The van der Waals surface area contributed by atoms with Gasteiger partial charge in [-0.3, -0.25) is 0 Å². The minimum atomic E-state index is -3.78. The SMILES string of the molecule is CSc1ccc(Oc2ccc(S(N)(=O)=O)cc2CN(C)CCCN(C)C)cc1C. The largest absolute Gasteiger partial charge is 0.457 e. The lowest BCUT2D eigenvalue weighted by Gasteiger charge is -2.20. The average molecular weight is 438 g/mol. The molecule has 2 rings (SSSR count). The van der Waals surface area contributed by atoms with Crippen molar-refractivity contribution in [2.45, 2.75) is 29.7 Å². The maximum atomic E-state index is 11.8. The summed E-state index contributed by atoms with van der Waals surface area (Å²) in [6.45, 7) is 4.49. The van der Waals surface area contributed by atoms with Crippen LogP contribution in [0.2, 0.25) is 0 Å². The Morgan fingerprint density at radius 3 is 2.38 bits per heavy atom. The van der Waals surface area contributed by atoms with Gasteiger partial charge >= 0.3 is 0 Å². The molecule has 0 atom stereocenters. The van der Waals surface area contributed by atoms with E-state index in [9.17, 15) is 8.42 Å². The van der Waals surface area contributed by atoms with E-state index in [0.29, 0.717) is 12.3 Å². The quantitative estimate of drug-likeness (QED) is 0.573. The van der Waals surface area contributed by atoms with Crippen LogP contribution in [0.25, 0.3) is 0 Å². The Morgan fingerprint density at radius 1 is 1.07 bits per heavy atom. The van der Waals surface area contributed by atoms with Crippen LogP contribution in [0.1, 0.15) is 17.5 Å². The molecule has 2 N–H and O–H groups in total. The maximum Gasteiger partial charge on any atom is 0.238 e. The molecule has 0 radical (unpaired) electrons. The number of nitrogens with two attached hydrogens (primary N) is 1. The molecule has 0 aliphatic heterocycles. The molecule has 2 aromatic rings. The molecule has 2 aromatic carbocycles. The fourth-order valence-electron chi connectivity index (χ4n) is 3.02. The minimum Gasteiger partial charge on any atom is -0.457 e. The van der Waals surface area contributed by atoms with Crippen LogP contribution in [0.15, 0.2) is 46.2 Å². The lowest BCUT2D eigenvalue weighted by Crippen LogP contribution is -2.24. The predicted octanol–water partition coefficient (Wildman–Crippen LogP) is 3.54. The van der Waals surface area contributed by atoms with E-state index in [1.165, 1.54) is 11.0 Å². The third-order valence-electron chi connectivity index (χ3n) is 4.54. The number of thioether (sulfide) groups is 1. The maximum absolute atomic E-state index is 11.8.